The van der Waals surface area contributed by atoms with Crippen LogP contribution in [0.5, 0.6) is 0 Å². The Hall–Kier alpha value is -0.0800. The highest BCUT2D eigenvalue weighted by Crippen LogP contribution is 2.17. The smallest absolute Gasteiger partial charge is 0.0700 e. The lowest BCUT2D eigenvalue weighted by Crippen LogP contribution is -2.43. The summed E-state index contributed by atoms with van der Waals surface area (Å²) in [6, 6.07) is 0.670. The molecule has 0 unspecified atom stereocenters. The molecular weight excluding hydrogens is 114 g/mol. The summed E-state index contributed by atoms with van der Waals surface area (Å²) >= 11 is 0. The van der Waals surface area contributed by atoms with E-state index in [1.807, 2.05) is 0 Å². The summed E-state index contributed by atoms with van der Waals surface area (Å²) in [6.07, 6.45) is 4.46. The molecule has 0 aromatic carbocycles. The molecule has 3 rings (SSSR count). The molecule has 0 amide bonds. The van der Waals surface area contributed by atoms with Gasteiger partial charge in [-0.3, -0.25) is 0 Å². The number of hydrogen-bond acceptors (Lipinski definition) is 2. The van der Waals surface area contributed by atoms with Crippen LogP contribution in [0.4, 0.5) is 0 Å². The fraction of sp³-hybridized carbons (Fsp3) is 1.00. The third-order valence-electron chi connectivity index (χ3n) is 2.25. The number of morpholine rings is 1. The van der Waals surface area contributed by atoms with Crippen molar-refractivity contribution in [3.8, 4) is 0 Å². The quantitative estimate of drug-likeness (QED) is 0.512. The Morgan fingerprint density at radius 3 is 3.11 bits per heavy atom. The Labute approximate surface area is 55.6 Å². The summed E-state index contributed by atoms with van der Waals surface area (Å²) in [5.41, 5.74) is 0. The van der Waals surface area contributed by atoms with Crippen LogP contribution in [-0.2, 0) is 4.74 Å². The second-order valence-corrected chi connectivity index (χ2v) is 2.99. The monoisotopic (exact) mass is 127 g/mol. The van der Waals surface area contributed by atoms with Gasteiger partial charge in [-0.15, -0.1) is 0 Å². The van der Waals surface area contributed by atoms with Crippen molar-refractivity contribution in [3.63, 3.8) is 0 Å². The van der Waals surface area contributed by atoms with E-state index in [0.29, 0.717) is 12.1 Å². The largest absolute Gasteiger partial charge is 0.375 e. The van der Waals surface area contributed by atoms with Crippen LogP contribution in [0.2, 0.25) is 0 Å². The predicted molar refractivity (Wildman–Crippen MR) is 35.4 cm³/mol. The molecule has 52 valence electrons. The summed E-state index contributed by atoms with van der Waals surface area (Å²) in [6.45, 7) is 2.04. The molecule has 3 saturated heterocycles. The molecule has 0 spiro atoms. The fourth-order valence-electron chi connectivity index (χ4n) is 1.63. The van der Waals surface area contributed by atoms with Crippen LogP contribution >= 0.6 is 0 Å². The molecule has 0 aromatic rings. The molecule has 1 N–H and O–H groups in total. The Morgan fingerprint density at radius 2 is 2.33 bits per heavy atom. The summed E-state index contributed by atoms with van der Waals surface area (Å²) < 4.78 is 5.54. The fourth-order valence-corrected chi connectivity index (χ4v) is 1.63. The number of ether oxygens (including phenoxy) is 1. The van der Waals surface area contributed by atoms with Gasteiger partial charge in [0.25, 0.3) is 0 Å². The molecule has 0 saturated carbocycles. The standard InChI is InChI=1S/C7H13NO/c1-2-6-5-9-7(3-1)4-8-6/h6-8H,1-5H2/t6-,7+/m0/s1. The van der Waals surface area contributed by atoms with Gasteiger partial charge in [0.1, 0.15) is 0 Å². The molecule has 3 fully saturated rings. The molecule has 2 bridgehead atoms. The van der Waals surface area contributed by atoms with Crippen LogP contribution in [0.15, 0.2) is 0 Å². The minimum Gasteiger partial charge on any atom is -0.375 e. The summed E-state index contributed by atoms with van der Waals surface area (Å²) in [5, 5.41) is 3.46. The Balaban J connectivity index is 2.03. The van der Waals surface area contributed by atoms with E-state index in [1.54, 1.807) is 0 Å². The van der Waals surface area contributed by atoms with E-state index in [1.165, 1.54) is 19.3 Å². The molecule has 3 aliphatic heterocycles. The van der Waals surface area contributed by atoms with Crippen molar-refractivity contribution in [1.82, 2.24) is 5.32 Å². The second-order valence-electron chi connectivity index (χ2n) is 2.99. The highest BCUT2D eigenvalue weighted by molar-refractivity contribution is 4.80. The normalized spacial score (nSPS) is 42.7. The topological polar surface area (TPSA) is 21.3 Å². The maximum atomic E-state index is 5.54. The SMILES string of the molecule is C1C[C@H]2CO[C@H](C1)CN2. The van der Waals surface area contributed by atoms with Gasteiger partial charge in [0.15, 0.2) is 0 Å². The average Bonchev–Trinajstić information content (AvgIpc) is 2.21. The third kappa shape index (κ3) is 1.10. The summed E-state index contributed by atoms with van der Waals surface area (Å²) in [5.74, 6) is 0. The minimum atomic E-state index is 0.531. The van der Waals surface area contributed by atoms with Crippen LogP contribution < -0.4 is 5.32 Å². The first-order valence-corrected chi connectivity index (χ1v) is 3.80. The van der Waals surface area contributed by atoms with Crippen molar-refractivity contribution in [2.75, 3.05) is 13.2 Å². The van der Waals surface area contributed by atoms with Crippen molar-refractivity contribution in [1.29, 1.82) is 0 Å². The van der Waals surface area contributed by atoms with Gasteiger partial charge < -0.3 is 10.1 Å². The van der Waals surface area contributed by atoms with Crippen LogP contribution in [0.25, 0.3) is 0 Å². The maximum absolute atomic E-state index is 5.54. The van der Waals surface area contributed by atoms with E-state index in [9.17, 15) is 0 Å². The van der Waals surface area contributed by atoms with E-state index in [4.69, 9.17) is 4.74 Å². The van der Waals surface area contributed by atoms with Crippen molar-refractivity contribution >= 4 is 0 Å². The zero-order valence-corrected chi connectivity index (χ0v) is 5.60. The van der Waals surface area contributed by atoms with Gasteiger partial charge in [-0.1, -0.05) is 0 Å². The lowest BCUT2D eigenvalue weighted by molar-refractivity contribution is 0.0168. The molecule has 2 nitrogen and oxygen atoms in total. The van der Waals surface area contributed by atoms with Gasteiger partial charge >= 0.3 is 0 Å². The van der Waals surface area contributed by atoms with Gasteiger partial charge in [0.2, 0.25) is 0 Å². The zero-order valence-electron chi connectivity index (χ0n) is 5.60. The minimum absolute atomic E-state index is 0.531. The van der Waals surface area contributed by atoms with Crippen LogP contribution in [-0.4, -0.2) is 25.3 Å². The molecular formula is C7H13NO. The molecule has 9 heavy (non-hydrogen) atoms. The second kappa shape index (κ2) is 2.27. The van der Waals surface area contributed by atoms with Gasteiger partial charge in [-0.05, 0) is 19.3 Å². The van der Waals surface area contributed by atoms with Crippen LogP contribution in [0.3, 0.4) is 0 Å². The molecule has 3 aliphatic rings. The highest BCUT2D eigenvalue weighted by atomic mass is 16.5. The van der Waals surface area contributed by atoms with Crippen molar-refractivity contribution in [2.45, 2.75) is 31.4 Å². The highest BCUT2D eigenvalue weighted by Gasteiger charge is 2.24. The first kappa shape index (κ1) is 5.69. The predicted octanol–water partition coefficient (Wildman–Crippen LogP) is 0.527. The molecule has 2 heteroatoms. The third-order valence-corrected chi connectivity index (χ3v) is 2.25. The van der Waals surface area contributed by atoms with Crippen molar-refractivity contribution < 1.29 is 4.74 Å². The van der Waals surface area contributed by atoms with Gasteiger partial charge in [0, 0.05) is 12.6 Å². The van der Waals surface area contributed by atoms with Crippen molar-refractivity contribution in [2.24, 2.45) is 0 Å². The molecule has 3 heterocycles. The van der Waals surface area contributed by atoms with E-state index in [-0.39, 0.29) is 0 Å². The lowest BCUT2D eigenvalue weighted by Gasteiger charge is -2.25. The lowest BCUT2D eigenvalue weighted by atomic mass is 10.1. The molecule has 0 radical (unpaired) electrons. The van der Waals surface area contributed by atoms with E-state index in [0.717, 1.165) is 13.2 Å². The zero-order chi connectivity index (χ0) is 6.10. The molecule has 0 aromatic heterocycles. The molecule has 0 aliphatic carbocycles. The summed E-state index contributed by atoms with van der Waals surface area (Å²) in [4.78, 5) is 0. The first-order chi connectivity index (χ1) is 4.45. The Bertz CT molecular complexity index is 79.6. The van der Waals surface area contributed by atoms with E-state index < -0.39 is 0 Å². The number of rotatable bonds is 0. The van der Waals surface area contributed by atoms with Gasteiger partial charge in [-0.2, -0.15) is 0 Å². The number of fused-ring (bicyclic) bond motifs is 4. The van der Waals surface area contributed by atoms with E-state index in [2.05, 4.69) is 5.32 Å². The number of nitrogens with one attached hydrogen (secondary N) is 1. The van der Waals surface area contributed by atoms with E-state index >= 15 is 0 Å². The summed E-state index contributed by atoms with van der Waals surface area (Å²) in [7, 11) is 0. The Kier molecular flexibility index (Phi) is 1.44. The molecule has 2 atom stereocenters. The van der Waals surface area contributed by atoms with Crippen LogP contribution in [0, 0.1) is 0 Å². The first-order valence-electron chi connectivity index (χ1n) is 3.80. The Morgan fingerprint density at radius 1 is 1.33 bits per heavy atom. The van der Waals surface area contributed by atoms with Crippen molar-refractivity contribution in [3.05, 3.63) is 0 Å². The maximum Gasteiger partial charge on any atom is 0.0700 e. The average molecular weight is 127 g/mol. The van der Waals surface area contributed by atoms with Crippen LogP contribution in [0.1, 0.15) is 19.3 Å². The van der Waals surface area contributed by atoms with Gasteiger partial charge in [-0.25, -0.2) is 0 Å². The number of hydrogen-bond donors (Lipinski definition) is 1. The van der Waals surface area contributed by atoms with Gasteiger partial charge in [0.05, 0.1) is 12.7 Å².